The fourth-order valence-corrected chi connectivity index (χ4v) is 3.71. The molecule has 1 fully saturated rings. The molecule has 0 aromatic heterocycles. The summed E-state index contributed by atoms with van der Waals surface area (Å²) in [7, 11) is 3.30. The smallest absolute Gasteiger partial charge is 0.223 e. The second-order valence-electron chi connectivity index (χ2n) is 7.27. The minimum absolute atomic E-state index is 0.123. The lowest BCUT2D eigenvalue weighted by molar-refractivity contribution is -0.126. The molecule has 1 heterocycles. The molecule has 0 spiro atoms. The fourth-order valence-electron chi connectivity index (χ4n) is 3.71. The lowest BCUT2D eigenvalue weighted by Crippen LogP contribution is -2.40. The van der Waals surface area contributed by atoms with Crippen molar-refractivity contribution in [2.45, 2.75) is 25.8 Å². The average Bonchev–Trinajstić information content (AvgIpc) is 2.75. The Labute approximate surface area is 167 Å². The molecule has 5 heteroatoms. The Kier molecular flexibility index (Phi) is 7.31. The van der Waals surface area contributed by atoms with Crippen LogP contribution in [0.25, 0.3) is 0 Å². The second-order valence-corrected chi connectivity index (χ2v) is 7.27. The van der Waals surface area contributed by atoms with E-state index in [-0.39, 0.29) is 11.8 Å². The van der Waals surface area contributed by atoms with Gasteiger partial charge in [0.1, 0.15) is 0 Å². The van der Waals surface area contributed by atoms with Crippen LogP contribution in [0.2, 0.25) is 0 Å². The Morgan fingerprint density at radius 3 is 2.39 bits per heavy atom. The van der Waals surface area contributed by atoms with Gasteiger partial charge < -0.3 is 14.8 Å². The zero-order chi connectivity index (χ0) is 19.8. The monoisotopic (exact) mass is 382 g/mol. The molecule has 2 aromatic rings. The molecule has 0 unspecified atom stereocenters. The van der Waals surface area contributed by atoms with Gasteiger partial charge in [-0.1, -0.05) is 36.4 Å². The first-order valence-electron chi connectivity index (χ1n) is 9.94. The van der Waals surface area contributed by atoms with Crippen molar-refractivity contribution in [3.05, 3.63) is 59.7 Å². The van der Waals surface area contributed by atoms with Gasteiger partial charge in [-0.2, -0.15) is 0 Å². The highest BCUT2D eigenvalue weighted by atomic mass is 16.5. The molecule has 2 aromatic carbocycles. The number of likely N-dealkylation sites (tertiary alicyclic amines) is 1. The highest BCUT2D eigenvalue weighted by Crippen LogP contribution is 2.28. The van der Waals surface area contributed by atoms with E-state index in [9.17, 15) is 4.79 Å². The van der Waals surface area contributed by atoms with Crippen LogP contribution in [0.5, 0.6) is 11.5 Å². The van der Waals surface area contributed by atoms with E-state index in [1.54, 1.807) is 14.2 Å². The zero-order valence-electron chi connectivity index (χ0n) is 16.8. The normalized spacial score (nSPS) is 15.2. The van der Waals surface area contributed by atoms with Crippen LogP contribution in [0, 0.1) is 5.92 Å². The maximum absolute atomic E-state index is 12.4. The van der Waals surface area contributed by atoms with Crippen molar-refractivity contribution in [2.75, 3.05) is 33.9 Å². The first-order chi connectivity index (χ1) is 13.7. The van der Waals surface area contributed by atoms with Gasteiger partial charge in [0.2, 0.25) is 5.91 Å². The Balaban J connectivity index is 1.42. The highest BCUT2D eigenvalue weighted by molar-refractivity contribution is 5.78. The Hall–Kier alpha value is -2.53. The van der Waals surface area contributed by atoms with Crippen LogP contribution in [0.3, 0.4) is 0 Å². The predicted octanol–water partition coefficient (Wildman–Crippen LogP) is 3.27. The summed E-state index contributed by atoms with van der Waals surface area (Å²) in [5, 5.41) is 3.11. The molecule has 28 heavy (non-hydrogen) atoms. The molecular formula is C23H30N2O3. The number of benzene rings is 2. The number of carbonyl (C=O) groups excluding carboxylic acids is 1. The lowest BCUT2D eigenvalue weighted by Gasteiger charge is -2.31. The maximum atomic E-state index is 12.4. The van der Waals surface area contributed by atoms with E-state index < -0.39 is 0 Å². The summed E-state index contributed by atoms with van der Waals surface area (Å²) in [5.41, 5.74) is 2.45. The average molecular weight is 383 g/mol. The van der Waals surface area contributed by atoms with Crippen molar-refractivity contribution in [3.8, 4) is 11.5 Å². The van der Waals surface area contributed by atoms with E-state index in [2.05, 4.69) is 28.4 Å². The molecular weight excluding hydrogens is 352 g/mol. The molecule has 0 bridgehead atoms. The van der Waals surface area contributed by atoms with Crippen LogP contribution < -0.4 is 14.8 Å². The number of nitrogens with one attached hydrogen (secondary N) is 1. The van der Waals surface area contributed by atoms with Crippen molar-refractivity contribution >= 4 is 5.91 Å². The van der Waals surface area contributed by atoms with Gasteiger partial charge in [-0.3, -0.25) is 9.69 Å². The number of rotatable bonds is 8. The van der Waals surface area contributed by atoms with Crippen molar-refractivity contribution in [1.29, 1.82) is 0 Å². The molecule has 5 nitrogen and oxygen atoms in total. The summed E-state index contributed by atoms with van der Waals surface area (Å²) in [6.45, 7) is 3.44. The number of amides is 1. The molecule has 1 saturated heterocycles. The summed E-state index contributed by atoms with van der Waals surface area (Å²) in [4.78, 5) is 14.8. The summed E-state index contributed by atoms with van der Waals surface area (Å²) < 4.78 is 10.7. The van der Waals surface area contributed by atoms with E-state index in [4.69, 9.17) is 9.47 Å². The van der Waals surface area contributed by atoms with Crippen LogP contribution >= 0.6 is 0 Å². The van der Waals surface area contributed by atoms with E-state index in [0.717, 1.165) is 50.4 Å². The molecule has 150 valence electrons. The van der Waals surface area contributed by atoms with Gasteiger partial charge >= 0.3 is 0 Å². The largest absolute Gasteiger partial charge is 0.493 e. The Morgan fingerprint density at radius 1 is 1.00 bits per heavy atom. The number of hydrogen-bond acceptors (Lipinski definition) is 4. The first-order valence-corrected chi connectivity index (χ1v) is 9.94. The molecule has 0 atom stereocenters. The number of nitrogens with zero attached hydrogens (tertiary/aromatic N) is 1. The third-order valence-electron chi connectivity index (χ3n) is 5.37. The number of hydrogen-bond donors (Lipinski definition) is 1. The third kappa shape index (κ3) is 5.49. The Bertz CT molecular complexity index is 756. The zero-order valence-corrected chi connectivity index (χ0v) is 16.8. The van der Waals surface area contributed by atoms with Crippen LogP contribution in [0.1, 0.15) is 24.0 Å². The summed E-state index contributed by atoms with van der Waals surface area (Å²) in [5.74, 6) is 1.82. The summed E-state index contributed by atoms with van der Waals surface area (Å²) >= 11 is 0. The minimum atomic E-state index is 0.123. The third-order valence-corrected chi connectivity index (χ3v) is 5.37. The van der Waals surface area contributed by atoms with Crippen molar-refractivity contribution in [2.24, 2.45) is 5.92 Å². The van der Waals surface area contributed by atoms with Gasteiger partial charge in [0, 0.05) is 19.0 Å². The molecule has 3 rings (SSSR count). The molecule has 1 aliphatic heterocycles. The van der Waals surface area contributed by atoms with E-state index in [0.29, 0.717) is 6.54 Å². The first kappa shape index (κ1) is 20.2. The van der Waals surface area contributed by atoms with Crippen LogP contribution in [0.4, 0.5) is 0 Å². The fraction of sp³-hybridized carbons (Fsp3) is 0.435. The van der Waals surface area contributed by atoms with Crippen molar-refractivity contribution < 1.29 is 14.3 Å². The van der Waals surface area contributed by atoms with Crippen LogP contribution in [0.15, 0.2) is 48.5 Å². The van der Waals surface area contributed by atoms with Gasteiger partial charge in [-0.15, -0.1) is 0 Å². The standard InChI is InChI=1S/C23H30N2O3/c1-27-21-9-8-19(16-22(21)28-2)17-25-14-11-20(12-15-25)23(26)24-13-10-18-6-4-3-5-7-18/h3-9,16,20H,10-15,17H2,1-2H3,(H,24,26). The van der Waals surface area contributed by atoms with Crippen LogP contribution in [-0.4, -0.2) is 44.7 Å². The molecule has 1 aliphatic rings. The van der Waals surface area contributed by atoms with E-state index in [1.165, 1.54) is 11.1 Å². The van der Waals surface area contributed by atoms with E-state index >= 15 is 0 Å². The molecule has 0 aliphatic carbocycles. The lowest BCUT2D eigenvalue weighted by atomic mass is 9.95. The summed E-state index contributed by atoms with van der Waals surface area (Å²) in [6, 6.07) is 16.3. The topological polar surface area (TPSA) is 50.8 Å². The van der Waals surface area contributed by atoms with Gasteiger partial charge in [0.15, 0.2) is 11.5 Å². The highest BCUT2D eigenvalue weighted by Gasteiger charge is 2.24. The number of methoxy groups -OCH3 is 2. The molecule has 0 radical (unpaired) electrons. The number of piperidine rings is 1. The second kappa shape index (κ2) is 10.1. The molecule has 0 saturated carbocycles. The maximum Gasteiger partial charge on any atom is 0.223 e. The summed E-state index contributed by atoms with van der Waals surface area (Å²) in [6.07, 6.45) is 2.69. The van der Waals surface area contributed by atoms with Crippen molar-refractivity contribution in [3.63, 3.8) is 0 Å². The van der Waals surface area contributed by atoms with Gasteiger partial charge in [0.05, 0.1) is 14.2 Å². The number of ether oxygens (including phenoxy) is 2. The molecule has 1 amide bonds. The van der Waals surface area contributed by atoms with Crippen molar-refractivity contribution in [1.82, 2.24) is 10.2 Å². The van der Waals surface area contributed by atoms with E-state index in [1.807, 2.05) is 30.3 Å². The minimum Gasteiger partial charge on any atom is -0.493 e. The SMILES string of the molecule is COc1ccc(CN2CCC(C(=O)NCCc3ccccc3)CC2)cc1OC. The molecule has 1 N–H and O–H groups in total. The predicted molar refractivity (Wildman–Crippen MR) is 111 cm³/mol. The Morgan fingerprint density at radius 2 is 1.71 bits per heavy atom. The quantitative estimate of drug-likeness (QED) is 0.761. The van der Waals surface area contributed by atoms with Crippen LogP contribution in [-0.2, 0) is 17.8 Å². The van der Waals surface area contributed by atoms with Gasteiger partial charge in [-0.25, -0.2) is 0 Å². The van der Waals surface area contributed by atoms with Gasteiger partial charge in [-0.05, 0) is 55.6 Å². The van der Waals surface area contributed by atoms with Gasteiger partial charge in [0.25, 0.3) is 0 Å². The number of carbonyl (C=O) groups is 1.